The molecule has 1 aromatic carbocycles. The summed E-state index contributed by atoms with van der Waals surface area (Å²) in [7, 11) is 0. The monoisotopic (exact) mass is 441 g/mol. The fourth-order valence-electron chi connectivity index (χ4n) is 3.89. The summed E-state index contributed by atoms with van der Waals surface area (Å²) in [5, 5.41) is 17.0. The molecule has 0 aliphatic carbocycles. The maximum absolute atomic E-state index is 14.9. The third-order valence-corrected chi connectivity index (χ3v) is 5.54. The highest BCUT2D eigenvalue weighted by molar-refractivity contribution is 5.62. The van der Waals surface area contributed by atoms with Crippen LogP contribution in [0.4, 0.5) is 33.5 Å². The highest BCUT2D eigenvalue weighted by Crippen LogP contribution is 2.27. The van der Waals surface area contributed by atoms with Crippen molar-refractivity contribution in [3.8, 4) is 5.82 Å². The summed E-state index contributed by atoms with van der Waals surface area (Å²) >= 11 is 0. The second kappa shape index (κ2) is 8.55. The summed E-state index contributed by atoms with van der Waals surface area (Å²) in [6.45, 7) is 3.90. The molecule has 0 saturated carbocycles. The van der Waals surface area contributed by atoms with Crippen molar-refractivity contribution >= 4 is 29.1 Å². The van der Waals surface area contributed by atoms with Crippen molar-refractivity contribution in [2.75, 3.05) is 60.2 Å². The molecule has 4 heterocycles. The van der Waals surface area contributed by atoms with Gasteiger partial charge in [-0.3, -0.25) is 0 Å². The van der Waals surface area contributed by atoms with E-state index in [2.05, 4.69) is 30.3 Å². The summed E-state index contributed by atoms with van der Waals surface area (Å²) in [6, 6.07) is 6.73. The van der Waals surface area contributed by atoms with Crippen LogP contribution in [0.5, 0.6) is 0 Å². The van der Waals surface area contributed by atoms with Crippen molar-refractivity contribution in [1.29, 1.82) is 0 Å². The zero-order valence-corrected chi connectivity index (χ0v) is 17.4. The van der Waals surface area contributed by atoms with Crippen LogP contribution < -0.4 is 20.9 Å². The van der Waals surface area contributed by atoms with Gasteiger partial charge in [-0.15, -0.1) is 5.10 Å². The van der Waals surface area contributed by atoms with Gasteiger partial charge in [0.15, 0.2) is 5.82 Å². The summed E-state index contributed by atoms with van der Waals surface area (Å²) in [6.07, 6.45) is 1.72. The molecule has 12 heteroatoms. The van der Waals surface area contributed by atoms with Crippen molar-refractivity contribution < 1.29 is 14.2 Å². The molecule has 0 radical (unpaired) electrons. The minimum absolute atomic E-state index is 0.0228. The number of nitrogens with two attached hydrogens (primary N) is 1. The van der Waals surface area contributed by atoms with Gasteiger partial charge in [0, 0.05) is 37.9 Å². The predicted octanol–water partition coefficient (Wildman–Crippen LogP) is 0.930. The standard InChI is InChI=1S/C20H24FN9O2/c21-15-9-13(28-5-7-32-8-6-28)1-2-16(15)25-20-26-19(22)27-30(20)18-10-17(23-12-24-18)29-4-3-14(31)11-29/h1-2,9-10,12,14,31H,3-8,11H2,(H3,22,25,26,27)/t14-/m0/s1. The average Bonchev–Trinajstić information content (AvgIpc) is 3.41. The normalized spacial score (nSPS) is 18.9. The molecule has 4 N–H and O–H groups in total. The van der Waals surface area contributed by atoms with Gasteiger partial charge in [-0.2, -0.15) is 9.67 Å². The lowest BCUT2D eigenvalue weighted by Crippen LogP contribution is -2.36. The molecule has 2 saturated heterocycles. The molecular formula is C20H24FN9O2. The topological polar surface area (TPSA) is 130 Å². The SMILES string of the molecule is Nc1nc(Nc2ccc(N3CCOCC3)cc2F)n(-c2cc(N3CC[C@H](O)C3)ncn2)n1. The number of halogens is 1. The smallest absolute Gasteiger partial charge is 0.241 e. The number of nitrogens with zero attached hydrogens (tertiary/aromatic N) is 7. The Morgan fingerprint density at radius 2 is 1.91 bits per heavy atom. The Morgan fingerprint density at radius 3 is 2.66 bits per heavy atom. The molecule has 0 amide bonds. The first-order valence-corrected chi connectivity index (χ1v) is 10.4. The predicted molar refractivity (Wildman–Crippen MR) is 117 cm³/mol. The average molecular weight is 441 g/mol. The molecule has 3 aromatic rings. The van der Waals surface area contributed by atoms with Crippen LogP contribution in [-0.4, -0.2) is 75.3 Å². The molecule has 2 aromatic heterocycles. The van der Waals surface area contributed by atoms with E-state index in [9.17, 15) is 9.50 Å². The van der Waals surface area contributed by atoms with E-state index in [1.54, 1.807) is 12.1 Å². The van der Waals surface area contributed by atoms with Gasteiger partial charge in [0.1, 0.15) is 18.0 Å². The lowest BCUT2D eigenvalue weighted by molar-refractivity contribution is 0.122. The Labute approximate surface area is 183 Å². The van der Waals surface area contributed by atoms with E-state index in [1.807, 2.05) is 11.0 Å². The first-order chi connectivity index (χ1) is 15.6. The Balaban J connectivity index is 1.40. The summed E-state index contributed by atoms with van der Waals surface area (Å²) < 4.78 is 21.6. The number of aliphatic hydroxyl groups excluding tert-OH is 1. The highest BCUT2D eigenvalue weighted by atomic mass is 19.1. The number of nitrogens with one attached hydrogen (secondary N) is 1. The molecule has 2 aliphatic rings. The maximum atomic E-state index is 14.9. The van der Waals surface area contributed by atoms with E-state index < -0.39 is 5.82 Å². The molecule has 2 aliphatic heterocycles. The van der Waals surface area contributed by atoms with Crippen molar-refractivity contribution in [2.45, 2.75) is 12.5 Å². The van der Waals surface area contributed by atoms with Crippen LogP contribution in [0.2, 0.25) is 0 Å². The fourth-order valence-corrected chi connectivity index (χ4v) is 3.89. The van der Waals surface area contributed by atoms with Gasteiger partial charge in [-0.25, -0.2) is 14.4 Å². The lowest BCUT2D eigenvalue weighted by atomic mass is 10.2. The van der Waals surface area contributed by atoms with Crippen molar-refractivity contribution in [3.05, 3.63) is 36.4 Å². The zero-order valence-electron chi connectivity index (χ0n) is 17.4. The van der Waals surface area contributed by atoms with Crippen LogP contribution in [0.3, 0.4) is 0 Å². The Hall–Kier alpha value is -3.51. The van der Waals surface area contributed by atoms with Gasteiger partial charge in [-0.05, 0) is 24.6 Å². The number of aromatic nitrogens is 5. The van der Waals surface area contributed by atoms with Gasteiger partial charge in [0.2, 0.25) is 11.9 Å². The van der Waals surface area contributed by atoms with E-state index in [0.29, 0.717) is 44.4 Å². The summed E-state index contributed by atoms with van der Waals surface area (Å²) in [5.74, 6) is 0.916. The molecule has 168 valence electrons. The van der Waals surface area contributed by atoms with Crippen LogP contribution in [0.15, 0.2) is 30.6 Å². The lowest BCUT2D eigenvalue weighted by Gasteiger charge is -2.29. The Bertz CT molecular complexity index is 1100. The Morgan fingerprint density at radius 1 is 1.09 bits per heavy atom. The number of nitrogen functional groups attached to an aromatic ring is 1. The van der Waals surface area contributed by atoms with Gasteiger partial charge in [-0.1, -0.05) is 0 Å². The maximum Gasteiger partial charge on any atom is 0.241 e. The molecule has 11 nitrogen and oxygen atoms in total. The number of morpholine rings is 1. The number of anilines is 5. The third kappa shape index (κ3) is 4.14. The second-order valence-corrected chi connectivity index (χ2v) is 7.72. The number of hydrogen-bond acceptors (Lipinski definition) is 10. The molecule has 0 unspecified atom stereocenters. The number of benzene rings is 1. The largest absolute Gasteiger partial charge is 0.391 e. The van der Waals surface area contributed by atoms with Crippen molar-refractivity contribution in [2.24, 2.45) is 0 Å². The van der Waals surface area contributed by atoms with E-state index in [1.165, 1.54) is 17.1 Å². The Kier molecular flexibility index (Phi) is 5.45. The number of aliphatic hydroxyl groups is 1. The molecule has 1 atom stereocenters. The van der Waals surface area contributed by atoms with Crippen LogP contribution in [0.1, 0.15) is 6.42 Å². The summed E-state index contributed by atoms with van der Waals surface area (Å²) in [4.78, 5) is 16.8. The van der Waals surface area contributed by atoms with E-state index in [4.69, 9.17) is 10.5 Å². The number of rotatable bonds is 5. The number of β-amino-alcohol motifs (C(OH)–C–C–N with tert-alkyl or cyclic N) is 1. The quantitative estimate of drug-likeness (QED) is 0.525. The van der Waals surface area contributed by atoms with Crippen LogP contribution >= 0.6 is 0 Å². The van der Waals surface area contributed by atoms with Gasteiger partial charge < -0.3 is 30.7 Å². The van der Waals surface area contributed by atoms with Crippen molar-refractivity contribution in [1.82, 2.24) is 24.7 Å². The van der Waals surface area contributed by atoms with Gasteiger partial charge in [0.05, 0.1) is 25.0 Å². The highest BCUT2D eigenvalue weighted by Gasteiger charge is 2.23. The van der Waals surface area contributed by atoms with Crippen LogP contribution in [-0.2, 0) is 4.74 Å². The zero-order chi connectivity index (χ0) is 22.1. The van der Waals surface area contributed by atoms with Crippen molar-refractivity contribution in [3.63, 3.8) is 0 Å². The molecule has 0 spiro atoms. The van der Waals surface area contributed by atoms with Gasteiger partial charge >= 0.3 is 0 Å². The number of ether oxygens (including phenoxy) is 1. The molecule has 5 rings (SSSR count). The summed E-state index contributed by atoms with van der Waals surface area (Å²) in [5.41, 5.74) is 6.87. The molecule has 32 heavy (non-hydrogen) atoms. The molecule has 0 bridgehead atoms. The van der Waals surface area contributed by atoms with E-state index in [-0.39, 0.29) is 23.7 Å². The first-order valence-electron chi connectivity index (χ1n) is 10.4. The van der Waals surface area contributed by atoms with E-state index in [0.717, 1.165) is 18.8 Å². The number of hydrogen-bond donors (Lipinski definition) is 3. The minimum Gasteiger partial charge on any atom is -0.391 e. The fraction of sp³-hybridized carbons (Fsp3) is 0.400. The molecule has 2 fully saturated rings. The van der Waals surface area contributed by atoms with Gasteiger partial charge in [0.25, 0.3) is 0 Å². The second-order valence-electron chi connectivity index (χ2n) is 7.72. The third-order valence-electron chi connectivity index (χ3n) is 5.54. The molecular weight excluding hydrogens is 417 g/mol. The minimum atomic E-state index is -0.420. The van der Waals surface area contributed by atoms with E-state index >= 15 is 0 Å². The van der Waals surface area contributed by atoms with Crippen LogP contribution in [0.25, 0.3) is 5.82 Å². The van der Waals surface area contributed by atoms with Crippen LogP contribution in [0, 0.1) is 5.82 Å². The first kappa shape index (κ1) is 20.4.